The molecule has 1 saturated heterocycles. The Morgan fingerprint density at radius 3 is 2.25 bits per heavy atom. The highest BCUT2D eigenvalue weighted by Gasteiger charge is 2.30. The maximum Gasteiger partial charge on any atom is 0.329 e. The lowest BCUT2D eigenvalue weighted by Gasteiger charge is -2.28. The van der Waals surface area contributed by atoms with Crippen LogP contribution in [0.2, 0.25) is 0 Å². The lowest BCUT2D eigenvalue weighted by Crippen LogP contribution is -2.26. The van der Waals surface area contributed by atoms with E-state index in [4.69, 9.17) is 4.74 Å². The standard InChI is InChI=1S/C8H14O2S2/c1-5-4-6(2)12-8(11-5)7(9)10-3/h5-6,8H,4H2,1-3H3/t5-,6+,8?. The van der Waals surface area contributed by atoms with Crippen molar-refractivity contribution in [1.82, 2.24) is 0 Å². The molecule has 0 radical (unpaired) electrons. The first kappa shape index (κ1) is 10.3. The summed E-state index contributed by atoms with van der Waals surface area (Å²) >= 11 is 3.42. The molecule has 0 aromatic rings. The van der Waals surface area contributed by atoms with Crippen LogP contribution >= 0.6 is 23.5 Å². The van der Waals surface area contributed by atoms with Gasteiger partial charge in [0, 0.05) is 10.5 Å². The normalized spacial score (nSPS) is 36.1. The van der Waals surface area contributed by atoms with Crippen LogP contribution < -0.4 is 0 Å². The molecule has 0 N–H and O–H groups in total. The number of hydrogen-bond acceptors (Lipinski definition) is 4. The molecular formula is C8H14O2S2. The molecule has 1 aliphatic heterocycles. The first-order valence-electron chi connectivity index (χ1n) is 4.02. The molecule has 70 valence electrons. The van der Waals surface area contributed by atoms with Crippen molar-refractivity contribution in [1.29, 1.82) is 0 Å². The molecule has 1 rings (SSSR count). The van der Waals surface area contributed by atoms with Gasteiger partial charge < -0.3 is 4.74 Å². The van der Waals surface area contributed by atoms with Gasteiger partial charge in [0.15, 0.2) is 0 Å². The number of ether oxygens (including phenoxy) is 1. The average Bonchev–Trinajstić information content (AvgIpc) is 2.01. The highest BCUT2D eigenvalue weighted by molar-refractivity contribution is 8.19. The summed E-state index contributed by atoms with van der Waals surface area (Å²) in [7, 11) is 1.45. The van der Waals surface area contributed by atoms with Crippen LogP contribution in [0.1, 0.15) is 20.3 Å². The highest BCUT2D eigenvalue weighted by atomic mass is 32.2. The van der Waals surface area contributed by atoms with Gasteiger partial charge in [-0.2, -0.15) is 0 Å². The fourth-order valence-electron chi connectivity index (χ4n) is 1.24. The quantitative estimate of drug-likeness (QED) is 0.614. The molecule has 1 aliphatic rings. The van der Waals surface area contributed by atoms with Gasteiger partial charge in [-0.05, 0) is 6.42 Å². The van der Waals surface area contributed by atoms with Gasteiger partial charge in [-0.1, -0.05) is 13.8 Å². The molecule has 0 aromatic carbocycles. The third-order valence-corrected chi connectivity index (χ3v) is 4.63. The monoisotopic (exact) mass is 206 g/mol. The lowest BCUT2D eigenvalue weighted by molar-refractivity contribution is -0.138. The van der Waals surface area contributed by atoms with E-state index in [9.17, 15) is 4.79 Å². The van der Waals surface area contributed by atoms with E-state index in [1.807, 2.05) is 0 Å². The largest absolute Gasteiger partial charge is 0.468 e. The van der Waals surface area contributed by atoms with Crippen molar-refractivity contribution in [2.24, 2.45) is 0 Å². The second-order valence-electron chi connectivity index (χ2n) is 2.98. The molecule has 12 heavy (non-hydrogen) atoms. The van der Waals surface area contributed by atoms with E-state index in [0.29, 0.717) is 10.5 Å². The number of methoxy groups -OCH3 is 1. The van der Waals surface area contributed by atoms with Crippen LogP contribution in [0.3, 0.4) is 0 Å². The van der Waals surface area contributed by atoms with Crippen LogP contribution in [-0.4, -0.2) is 28.2 Å². The molecule has 0 amide bonds. The summed E-state index contributed by atoms with van der Waals surface area (Å²) < 4.78 is 4.70. The highest BCUT2D eigenvalue weighted by Crippen LogP contribution is 2.40. The van der Waals surface area contributed by atoms with Crippen molar-refractivity contribution >= 4 is 29.5 Å². The van der Waals surface area contributed by atoms with Gasteiger partial charge in [0.25, 0.3) is 0 Å². The van der Waals surface area contributed by atoms with Gasteiger partial charge in [-0.25, -0.2) is 4.79 Å². The van der Waals surface area contributed by atoms with Crippen molar-refractivity contribution in [2.45, 2.75) is 35.4 Å². The number of thioether (sulfide) groups is 2. The fourth-order valence-corrected chi connectivity index (χ4v) is 4.81. The average molecular weight is 206 g/mol. The third-order valence-electron chi connectivity index (χ3n) is 1.77. The Morgan fingerprint density at radius 2 is 1.83 bits per heavy atom. The third kappa shape index (κ3) is 2.59. The summed E-state index contributed by atoms with van der Waals surface area (Å²) in [6.07, 6.45) is 1.18. The topological polar surface area (TPSA) is 26.3 Å². The minimum Gasteiger partial charge on any atom is -0.468 e. The first-order valence-corrected chi connectivity index (χ1v) is 5.90. The SMILES string of the molecule is COC(=O)C1S[C@H](C)C[C@H](C)S1. The lowest BCUT2D eigenvalue weighted by atomic mass is 10.3. The zero-order valence-corrected chi connectivity index (χ0v) is 9.21. The van der Waals surface area contributed by atoms with Crippen LogP contribution in [0.4, 0.5) is 0 Å². The summed E-state index contributed by atoms with van der Waals surface area (Å²) in [5, 5.41) is 1.15. The van der Waals surface area contributed by atoms with Crippen LogP contribution in [0.5, 0.6) is 0 Å². The van der Waals surface area contributed by atoms with Crippen molar-refractivity contribution < 1.29 is 9.53 Å². The molecule has 4 heteroatoms. The van der Waals surface area contributed by atoms with Crippen LogP contribution in [0.15, 0.2) is 0 Å². The van der Waals surface area contributed by atoms with E-state index in [0.717, 1.165) is 0 Å². The molecule has 0 saturated carbocycles. The molecule has 1 unspecified atom stereocenters. The zero-order chi connectivity index (χ0) is 9.14. The molecule has 1 fully saturated rings. The van der Waals surface area contributed by atoms with E-state index in [1.54, 1.807) is 23.5 Å². The van der Waals surface area contributed by atoms with Crippen LogP contribution in [0, 0.1) is 0 Å². The second-order valence-corrected chi connectivity index (χ2v) is 6.38. The van der Waals surface area contributed by atoms with Gasteiger partial charge in [0.2, 0.25) is 0 Å². The predicted octanol–water partition coefficient (Wildman–Crippen LogP) is 2.13. The van der Waals surface area contributed by atoms with Crippen molar-refractivity contribution in [3.63, 3.8) is 0 Å². The summed E-state index contributed by atoms with van der Waals surface area (Å²) in [4.78, 5) is 11.2. The smallest absolute Gasteiger partial charge is 0.329 e. The number of hydrogen-bond donors (Lipinski definition) is 0. The molecule has 0 bridgehead atoms. The Labute approximate surface area is 81.8 Å². The Morgan fingerprint density at radius 1 is 1.33 bits per heavy atom. The Bertz CT molecular complexity index is 162. The number of carbonyl (C=O) groups is 1. The second kappa shape index (κ2) is 4.42. The molecule has 3 atom stereocenters. The van der Waals surface area contributed by atoms with E-state index < -0.39 is 0 Å². The predicted molar refractivity (Wildman–Crippen MR) is 54.5 cm³/mol. The summed E-state index contributed by atoms with van der Waals surface area (Å²) in [6, 6.07) is 0. The molecule has 0 spiro atoms. The fraction of sp³-hybridized carbons (Fsp3) is 0.875. The Kier molecular flexibility index (Phi) is 3.77. The number of rotatable bonds is 1. The zero-order valence-electron chi connectivity index (χ0n) is 7.57. The van der Waals surface area contributed by atoms with Gasteiger partial charge in [0.1, 0.15) is 4.58 Å². The van der Waals surface area contributed by atoms with Crippen LogP contribution in [-0.2, 0) is 9.53 Å². The minimum atomic E-state index is -0.0941. The Hall–Kier alpha value is 0.170. The van der Waals surface area contributed by atoms with E-state index in [1.165, 1.54) is 13.5 Å². The van der Waals surface area contributed by atoms with Gasteiger partial charge >= 0.3 is 5.97 Å². The summed E-state index contributed by atoms with van der Waals surface area (Å²) in [5.41, 5.74) is 0. The van der Waals surface area contributed by atoms with Gasteiger partial charge in [0.05, 0.1) is 7.11 Å². The molecule has 0 aliphatic carbocycles. The number of esters is 1. The molecule has 2 nitrogen and oxygen atoms in total. The molecular weight excluding hydrogens is 192 g/mol. The Balaban J connectivity index is 2.49. The summed E-state index contributed by atoms with van der Waals surface area (Å²) in [5.74, 6) is -0.0941. The van der Waals surface area contributed by atoms with Crippen molar-refractivity contribution in [3.8, 4) is 0 Å². The van der Waals surface area contributed by atoms with Crippen molar-refractivity contribution in [2.75, 3.05) is 7.11 Å². The first-order chi connectivity index (χ1) is 5.63. The number of carbonyl (C=O) groups excluding carboxylic acids is 1. The van der Waals surface area contributed by atoms with Gasteiger partial charge in [-0.3, -0.25) is 0 Å². The van der Waals surface area contributed by atoms with Crippen LogP contribution in [0.25, 0.3) is 0 Å². The maximum atomic E-state index is 11.2. The minimum absolute atomic E-state index is 0.00579. The molecule has 1 heterocycles. The van der Waals surface area contributed by atoms with Crippen molar-refractivity contribution in [3.05, 3.63) is 0 Å². The summed E-state index contributed by atoms with van der Waals surface area (Å²) in [6.45, 7) is 4.33. The molecule has 0 aromatic heterocycles. The maximum absolute atomic E-state index is 11.2. The van der Waals surface area contributed by atoms with E-state index >= 15 is 0 Å². The van der Waals surface area contributed by atoms with E-state index in [2.05, 4.69) is 13.8 Å². The van der Waals surface area contributed by atoms with E-state index in [-0.39, 0.29) is 10.6 Å². The van der Waals surface area contributed by atoms with Gasteiger partial charge in [-0.15, -0.1) is 23.5 Å².